The Kier molecular flexibility index (Phi) is 8.26. The summed E-state index contributed by atoms with van der Waals surface area (Å²) < 4.78 is 20.9. The van der Waals surface area contributed by atoms with E-state index in [9.17, 15) is 9.59 Å². The van der Waals surface area contributed by atoms with Crippen LogP contribution in [0.1, 0.15) is 106 Å². The summed E-state index contributed by atoms with van der Waals surface area (Å²) in [5, 5.41) is 9.13. The van der Waals surface area contributed by atoms with Crippen LogP contribution in [0.4, 0.5) is 0 Å². The Labute approximate surface area is 325 Å². The quantitative estimate of drug-likeness (QED) is 0.112. The van der Waals surface area contributed by atoms with Gasteiger partial charge >= 0.3 is 11.9 Å². The van der Waals surface area contributed by atoms with Crippen molar-refractivity contribution in [3.05, 3.63) is 82.6 Å². The fraction of sp³-hybridized carbons (Fsp3) is 0.524. The summed E-state index contributed by atoms with van der Waals surface area (Å²) in [6.45, 7) is 6.98. The van der Waals surface area contributed by atoms with E-state index in [0.29, 0.717) is 11.6 Å². The van der Waals surface area contributed by atoms with E-state index in [2.05, 4.69) is 9.97 Å². The summed E-state index contributed by atoms with van der Waals surface area (Å²) in [6, 6.07) is 10.3. The van der Waals surface area contributed by atoms with E-state index in [-0.39, 0.29) is 21.4 Å². The van der Waals surface area contributed by atoms with Gasteiger partial charge in [-0.3, -0.25) is 0 Å². The third kappa shape index (κ3) is 6.17. The third-order valence-electron chi connectivity index (χ3n) is 13.4. The molecule has 0 aliphatic heterocycles. The molecule has 4 spiro atoms. The number of halogens is 2. The van der Waals surface area contributed by atoms with Crippen LogP contribution in [0.5, 0.6) is 11.5 Å². The van der Waals surface area contributed by atoms with Crippen molar-refractivity contribution in [3.63, 3.8) is 0 Å². The van der Waals surface area contributed by atoms with Crippen molar-refractivity contribution < 1.29 is 28.9 Å². The predicted molar refractivity (Wildman–Crippen MR) is 203 cm³/mol. The third-order valence-corrected chi connectivity index (χ3v) is 13.9. The highest BCUT2D eigenvalue weighted by atomic mass is 35.5. The van der Waals surface area contributed by atoms with Crippen molar-refractivity contribution in [2.75, 3.05) is 13.2 Å². The Balaban J connectivity index is 0.000000144. The van der Waals surface area contributed by atoms with Gasteiger partial charge in [-0.2, -0.15) is 0 Å². The molecule has 0 amide bonds. The number of fused-ring (bicyclic) bond motifs is 2. The lowest BCUT2D eigenvalue weighted by atomic mass is 10.2. The van der Waals surface area contributed by atoms with Gasteiger partial charge in [0, 0.05) is 12.4 Å². The number of aromatic nitrogens is 4. The second-order valence-corrected chi connectivity index (χ2v) is 18.1. The van der Waals surface area contributed by atoms with Gasteiger partial charge in [-0.1, -0.05) is 23.2 Å². The lowest BCUT2D eigenvalue weighted by Crippen LogP contribution is -2.24. The van der Waals surface area contributed by atoms with Gasteiger partial charge < -0.3 is 28.5 Å². The minimum absolute atomic E-state index is 0.00138. The van der Waals surface area contributed by atoms with Crippen molar-refractivity contribution in [2.24, 2.45) is 33.5 Å². The lowest BCUT2D eigenvalue weighted by molar-refractivity contribution is 0.00690. The van der Waals surface area contributed by atoms with Gasteiger partial charge in [0.1, 0.15) is 39.0 Å². The summed E-state index contributed by atoms with van der Waals surface area (Å²) in [6.07, 6.45) is 21.3. The van der Waals surface area contributed by atoms with Gasteiger partial charge in [-0.15, -0.1) is 0 Å². The Hall–Kier alpha value is -4.02. The van der Waals surface area contributed by atoms with Crippen molar-refractivity contribution in [2.45, 2.75) is 90.6 Å². The molecule has 6 aliphatic rings. The Morgan fingerprint density at radius 1 is 0.704 bits per heavy atom. The van der Waals surface area contributed by atoms with E-state index in [4.69, 9.17) is 42.5 Å². The van der Waals surface area contributed by atoms with Crippen molar-refractivity contribution in [3.8, 4) is 23.1 Å². The Morgan fingerprint density at radius 3 is 1.46 bits per heavy atom. The van der Waals surface area contributed by atoms with Gasteiger partial charge in [0.15, 0.2) is 0 Å². The number of rotatable bonds is 12. The topological polar surface area (TPSA) is 118 Å². The smallest absolute Gasteiger partial charge is 0.341 e. The van der Waals surface area contributed by atoms with Gasteiger partial charge in [-0.25, -0.2) is 19.6 Å². The van der Waals surface area contributed by atoms with Gasteiger partial charge in [-0.05, 0) is 155 Å². The minimum Gasteiger partial charge on any atom is -0.492 e. The minimum atomic E-state index is -1.08. The van der Waals surface area contributed by atoms with Crippen LogP contribution in [0.2, 0.25) is 10.3 Å². The molecule has 10 nitrogen and oxygen atoms in total. The van der Waals surface area contributed by atoms with E-state index >= 15 is 0 Å². The molecule has 54 heavy (non-hydrogen) atoms. The first-order valence-corrected chi connectivity index (χ1v) is 20.0. The van der Waals surface area contributed by atoms with Gasteiger partial charge in [0.2, 0.25) is 0 Å². The predicted octanol–water partition coefficient (Wildman–Crippen LogP) is 9.62. The van der Waals surface area contributed by atoms with E-state index in [0.717, 1.165) is 64.6 Å². The maximum atomic E-state index is 12.2. The highest BCUT2D eigenvalue weighted by Gasteiger charge is 2.86. The molecule has 4 aromatic heterocycles. The number of aromatic carboxylic acids is 1. The molecule has 0 bridgehead atoms. The second kappa shape index (κ2) is 12.5. The first kappa shape index (κ1) is 35.7. The average Bonchev–Trinajstić information content (AvgIpc) is 3.86. The maximum Gasteiger partial charge on any atom is 0.341 e. The standard InChI is InChI=1S/C23H27ClN2O3.C19H19ClN2O3/c1-21(2,3)29-20(27)16-4-5-18(25-19(16)24)26-12-6-15(14-26)28-13-7-17-22(8-9-22)23(17)10-11-23;20-16-13(17(23)24)1-2-15(21-16)22-9-3-12(11-22)25-10-4-14-18(5-6-18)19(14)7-8-19/h4-6,12,14,17H,7-11,13H2,1-3H3;1-3,9,11,14H,4-8,10H2,(H,23,24). The number of carbonyl (C=O) groups excluding carboxylic acids is 1. The van der Waals surface area contributed by atoms with Crippen LogP contribution in [0.25, 0.3) is 11.6 Å². The summed E-state index contributed by atoms with van der Waals surface area (Å²) in [7, 11) is 0. The normalized spacial score (nSPS) is 21.1. The molecule has 12 heteroatoms. The van der Waals surface area contributed by atoms with Crippen LogP contribution in [-0.4, -0.2) is 55.0 Å². The van der Waals surface area contributed by atoms with Crippen LogP contribution in [-0.2, 0) is 4.74 Å². The molecule has 0 radical (unpaired) electrons. The highest BCUT2D eigenvalue weighted by molar-refractivity contribution is 6.32. The Morgan fingerprint density at radius 2 is 1.11 bits per heavy atom. The number of nitrogens with zero attached hydrogens (tertiary/aromatic N) is 4. The van der Waals surface area contributed by atoms with Crippen LogP contribution in [0, 0.1) is 33.5 Å². The molecule has 6 saturated carbocycles. The first-order valence-electron chi connectivity index (χ1n) is 19.2. The van der Waals surface area contributed by atoms with Crippen LogP contribution >= 0.6 is 23.2 Å². The first-order chi connectivity index (χ1) is 25.8. The number of carbonyl (C=O) groups is 2. The zero-order valence-electron chi connectivity index (χ0n) is 30.9. The van der Waals surface area contributed by atoms with Crippen LogP contribution in [0.3, 0.4) is 0 Å². The largest absolute Gasteiger partial charge is 0.492 e. The van der Waals surface area contributed by atoms with E-state index in [1.807, 2.05) is 62.3 Å². The maximum absolute atomic E-state index is 12.2. The summed E-state index contributed by atoms with van der Waals surface area (Å²) in [4.78, 5) is 31.7. The molecule has 0 aromatic carbocycles. The second-order valence-electron chi connectivity index (χ2n) is 17.3. The Bertz CT molecular complexity index is 2100. The van der Waals surface area contributed by atoms with Crippen molar-refractivity contribution in [1.29, 1.82) is 0 Å². The number of hydrogen-bond acceptors (Lipinski definition) is 7. The summed E-state index contributed by atoms with van der Waals surface area (Å²) in [5.74, 6) is 3.07. The molecule has 1 N–H and O–H groups in total. The molecular formula is C42H46Cl2N4O6. The van der Waals surface area contributed by atoms with E-state index in [1.165, 1.54) is 63.9 Å². The molecule has 0 atom stereocenters. The molecule has 284 valence electrons. The highest BCUT2D eigenvalue weighted by Crippen LogP contribution is 2.93. The number of hydrogen-bond donors (Lipinski definition) is 1. The van der Waals surface area contributed by atoms with E-state index < -0.39 is 17.5 Å². The van der Waals surface area contributed by atoms with Crippen LogP contribution in [0.15, 0.2) is 61.2 Å². The van der Waals surface area contributed by atoms with Gasteiger partial charge in [0.25, 0.3) is 0 Å². The summed E-state index contributed by atoms with van der Waals surface area (Å²) >= 11 is 12.2. The SMILES string of the molecule is CC(C)(C)OC(=O)c1ccc(-n2ccc(OCCC3C4(CC4)C34CC4)c2)nc1Cl.O=C(O)c1ccc(-n2ccc(OCCC3C4(CC4)C34CC4)c2)nc1Cl. The number of pyridine rings is 2. The fourth-order valence-corrected chi connectivity index (χ4v) is 10.7. The molecule has 4 heterocycles. The zero-order valence-corrected chi connectivity index (χ0v) is 32.5. The number of ether oxygens (including phenoxy) is 3. The van der Waals surface area contributed by atoms with Crippen molar-refractivity contribution >= 4 is 35.1 Å². The van der Waals surface area contributed by atoms with Crippen molar-refractivity contribution in [1.82, 2.24) is 19.1 Å². The number of carboxylic acids is 1. The molecule has 6 aliphatic carbocycles. The zero-order chi connectivity index (χ0) is 37.7. The molecule has 10 rings (SSSR count). The lowest BCUT2D eigenvalue weighted by Gasteiger charge is -2.19. The molecule has 0 unspecified atom stereocenters. The molecule has 6 fully saturated rings. The monoisotopic (exact) mass is 772 g/mol. The summed E-state index contributed by atoms with van der Waals surface area (Å²) in [5.41, 5.74) is 2.62. The fourth-order valence-electron chi connectivity index (χ4n) is 10.3. The number of esters is 1. The van der Waals surface area contributed by atoms with Gasteiger partial charge in [0.05, 0.1) is 36.7 Å². The van der Waals surface area contributed by atoms with Crippen LogP contribution < -0.4 is 9.47 Å². The number of carboxylic acid groups (broad SMARTS) is 1. The molecule has 0 saturated heterocycles. The molecular weight excluding hydrogens is 727 g/mol. The van der Waals surface area contributed by atoms with E-state index in [1.54, 1.807) is 22.8 Å². The molecule has 4 aromatic rings. The average molecular weight is 774 g/mol.